The summed E-state index contributed by atoms with van der Waals surface area (Å²) in [6.07, 6.45) is -0.575. The van der Waals surface area contributed by atoms with Crippen molar-refractivity contribution in [3.63, 3.8) is 0 Å². The Kier molecular flexibility index (Phi) is 4.89. The zero-order chi connectivity index (χ0) is 23.6. The summed E-state index contributed by atoms with van der Waals surface area (Å²) in [6.45, 7) is 6.84. The van der Waals surface area contributed by atoms with E-state index in [0.717, 1.165) is 0 Å². The lowest BCUT2D eigenvalue weighted by Gasteiger charge is -2.38. The van der Waals surface area contributed by atoms with E-state index in [1.165, 1.54) is 26.4 Å². The normalized spacial score (nSPS) is 23.4. The number of phenols is 1. The van der Waals surface area contributed by atoms with Crippen LogP contribution in [-0.2, 0) is 4.74 Å². The van der Waals surface area contributed by atoms with Gasteiger partial charge in [-0.3, -0.25) is 0 Å². The average molecular weight is 456 g/mol. The smallest absolute Gasteiger partial charge is 0.344 e. The van der Waals surface area contributed by atoms with Crippen molar-refractivity contribution in [2.45, 2.75) is 27.1 Å². The quantitative estimate of drug-likeness (QED) is 0.361. The molecule has 0 radical (unpaired) electrons. The molecule has 2 aromatic carbocycles. The second kappa shape index (κ2) is 7.55. The van der Waals surface area contributed by atoms with Gasteiger partial charge in [0.2, 0.25) is 17.8 Å². The molecule has 0 bridgehead atoms. The predicted octanol–water partition coefficient (Wildman–Crippen LogP) is 3.86. The molecule has 9 nitrogen and oxygen atoms in total. The molecular weight excluding hydrogens is 432 g/mol. The Balaban J connectivity index is 1.81. The molecular formula is C24H24O9. The molecule has 1 aliphatic heterocycles. The topological polar surface area (TPSA) is 118 Å². The molecule has 33 heavy (non-hydrogen) atoms. The van der Waals surface area contributed by atoms with E-state index < -0.39 is 17.5 Å². The molecule has 0 amide bonds. The van der Waals surface area contributed by atoms with Crippen LogP contribution in [0.1, 0.15) is 20.8 Å². The summed E-state index contributed by atoms with van der Waals surface area (Å²) < 4.78 is 33.9. The van der Waals surface area contributed by atoms with Crippen LogP contribution in [0.4, 0.5) is 0 Å². The Morgan fingerprint density at radius 2 is 1.45 bits per heavy atom. The maximum atomic E-state index is 13.0. The molecule has 5 rings (SSSR count). The van der Waals surface area contributed by atoms with Gasteiger partial charge in [0.25, 0.3) is 0 Å². The molecule has 1 fully saturated rings. The zero-order valence-electron chi connectivity index (χ0n) is 18.9. The molecule has 1 saturated heterocycles. The second-order valence-electron chi connectivity index (χ2n) is 8.63. The van der Waals surface area contributed by atoms with Crippen LogP contribution < -0.4 is 25.5 Å². The maximum Gasteiger partial charge on any atom is 0.344 e. The van der Waals surface area contributed by atoms with E-state index in [0.29, 0.717) is 29.2 Å². The Morgan fingerprint density at radius 3 is 2.06 bits per heavy atom. The molecule has 0 unspecified atom stereocenters. The van der Waals surface area contributed by atoms with Crippen molar-refractivity contribution in [3.8, 4) is 23.0 Å². The molecule has 0 spiro atoms. The first-order valence-corrected chi connectivity index (χ1v) is 10.7. The van der Waals surface area contributed by atoms with Crippen LogP contribution in [0, 0.1) is 17.8 Å². The molecule has 4 aromatic rings. The number of rotatable bonds is 4. The van der Waals surface area contributed by atoms with Gasteiger partial charge in [-0.25, -0.2) is 9.59 Å². The second-order valence-corrected chi connectivity index (χ2v) is 8.63. The highest BCUT2D eigenvalue weighted by Crippen LogP contribution is 2.46. The molecule has 174 valence electrons. The minimum Gasteiger partial charge on any atom is -0.504 e. The van der Waals surface area contributed by atoms with Crippen LogP contribution in [-0.4, -0.2) is 32.2 Å². The van der Waals surface area contributed by atoms with E-state index in [1.54, 1.807) is 0 Å². The van der Waals surface area contributed by atoms with E-state index in [4.69, 9.17) is 27.8 Å². The van der Waals surface area contributed by atoms with Gasteiger partial charge >= 0.3 is 11.3 Å². The molecule has 4 atom stereocenters. The number of aromatic hydroxyl groups is 1. The summed E-state index contributed by atoms with van der Waals surface area (Å²) in [4.78, 5) is 25.8. The van der Waals surface area contributed by atoms with Gasteiger partial charge in [0.1, 0.15) is 0 Å². The first kappa shape index (κ1) is 21.4. The van der Waals surface area contributed by atoms with Gasteiger partial charge in [-0.05, 0) is 24.0 Å². The molecule has 1 aliphatic rings. The van der Waals surface area contributed by atoms with Crippen molar-refractivity contribution in [2.75, 3.05) is 20.8 Å². The Hall–Kier alpha value is -3.46. The highest BCUT2D eigenvalue weighted by Gasteiger charge is 2.35. The first-order chi connectivity index (χ1) is 15.8. The number of hydrogen-bond acceptors (Lipinski definition) is 9. The van der Waals surface area contributed by atoms with Crippen LogP contribution in [0.2, 0.25) is 0 Å². The van der Waals surface area contributed by atoms with Crippen molar-refractivity contribution < 1.29 is 32.9 Å². The highest BCUT2D eigenvalue weighted by molar-refractivity contribution is 6.22. The third-order valence-corrected chi connectivity index (χ3v) is 6.83. The van der Waals surface area contributed by atoms with Crippen LogP contribution in [0.25, 0.3) is 32.7 Å². The summed E-state index contributed by atoms with van der Waals surface area (Å²) >= 11 is 0. The van der Waals surface area contributed by atoms with Crippen molar-refractivity contribution in [1.82, 2.24) is 0 Å². The van der Waals surface area contributed by atoms with Crippen LogP contribution in [0.5, 0.6) is 23.0 Å². The lowest BCUT2D eigenvalue weighted by Crippen LogP contribution is -2.41. The lowest BCUT2D eigenvalue weighted by atomic mass is 9.83. The van der Waals surface area contributed by atoms with Gasteiger partial charge in [-0.1, -0.05) is 20.8 Å². The van der Waals surface area contributed by atoms with E-state index in [2.05, 4.69) is 13.8 Å². The highest BCUT2D eigenvalue weighted by atomic mass is 16.7. The van der Waals surface area contributed by atoms with Gasteiger partial charge in [0.15, 0.2) is 22.7 Å². The van der Waals surface area contributed by atoms with Crippen molar-refractivity contribution in [1.29, 1.82) is 0 Å². The van der Waals surface area contributed by atoms with Gasteiger partial charge in [0, 0.05) is 16.7 Å². The van der Waals surface area contributed by atoms with E-state index in [-0.39, 0.29) is 50.9 Å². The number of phenolic OH excluding ortho intramolecular Hbond substituents is 1. The van der Waals surface area contributed by atoms with Crippen molar-refractivity contribution in [3.05, 3.63) is 33.0 Å². The standard InChI is InChI=1S/C24H24O9/c1-9-8-30-24(11(3)10(9)2)31-15-7-13-17-16-12(22(26)33-21(17)19(15)29-5)6-14(25)18(28-4)20(16)32-23(13)27/h6-7,9-11,24-25H,8H2,1-5H3/t9-,10+,11-,24+/m1/s1. The fourth-order valence-electron chi connectivity index (χ4n) is 4.61. The molecule has 2 aromatic heterocycles. The van der Waals surface area contributed by atoms with E-state index >= 15 is 0 Å². The SMILES string of the molecule is COc1c(O)cc2c(=O)oc3c(OC)c(O[C@@H]4OC[C@@H](C)[C@H](C)[C@H]4C)cc4c(=O)oc1c2c34. The molecule has 3 heterocycles. The number of ether oxygens (including phenoxy) is 4. The number of benzene rings is 2. The monoisotopic (exact) mass is 456 g/mol. The Morgan fingerprint density at radius 1 is 0.879 bits per heavy atom. The summed E-state index contributed by atoms with van der Waals surface area (Å²) in [5.74, 6) is 0.753. The number of hydrogen-bond donors (Lipinski definition) is 1. The fraction of sp³-hybridized carbons (Fsp3) is 0.417. The third kappa shape index (κ3) is 3.02. The minimum absolute atomic E-state index is 0.0398. The molecule has 9 heteroatoms. The molecule has 0 aliphatic carbocycles. The maximum absolute atomic E-state index is 13.0. The van der Waals surface area contributed by atoms with Gasteiger partial charge in [0.05, 0.1) is 31.6 Å². The van der Waals surface area contributed by atoms with Gasteiger partial charge in [-0.2, -0.15) is 0 Å². The summed E-state index contributed by atoms with van der Waals surface area (Å²) in [7, 11) is 2.75. The largest absolute Gasteiger partial charge is 0.504 e. The van der Waals surface area contributed by atoms with Gasteiger partial charge in [-0.15, -0.1) is 0 Å². The summed E-state index contributed by atoms with van der Waals surface area (Å²) in [5.41, 5.74) is -1.46. The van der Waals surface area contributed by atoms with Crippen LogP contribution in [0.3, 0.4) is 0 Å². The van der Waals surface area contributed by atoms with Gasteiger partial charge < -0.3 is 32.9 Å². The van der Waals surface area contributed by atoms with Crippen LogP contribution in [0.15, 0.2) is 30.6 Å². The fourth-order valence-corrected chi connectivity index (χ4v) is 4.61. The Labute approximate surface area is 187 Å². The zero-order valence-corrected chi connectivity index (χ0v) is 18.9. The van der Waals surface area contributed by atoms with Crippen molar-refractivity contribution in [2.24, 2.45) is 17.8 Å². The van der Waals surface area contributed by atoms with Crippen LogP contribution >= 0.6 is 0 Å². The summed E-state index contributed by atoms with van der Waals surface area (Å²) in [6, 6.07) is 2.73. The molecule has 1 N–H and O–H groups in total. The van der Waals surface area contributed by atoms with E-state index in [9.17, 15) is 14.7 Å². The number of methoxy groups -OCH3 is 2. The predicted molar refractivity (Wildman–Crippen MR) is 120 cm³/mol. The summed E-state index contributed by atoms with van der Waals surface area (Å²) in [5, 5.41) is 11.1. The van der Waals surface area contributed by atoms with E-state index in [1.807, 2.05) is 6.92 Å². The third-order valence-electron chi connectivity index (χ3n) is 6.83. The average Bonchev–Trinajstić information content (AvgIpc) is 2.78. The van der Waals surface area contributed by atoms with Crippen molar-refractivity contribution >= 4 is 32.7 Å². The molecule has 0 saturated carbocycles. The lowest BCUT2D eigenvalue weighted by molar-refractivity contribution is -0.172. The first-order valence-electron chi connectivity index (χ1n) is 10.7. The minimum atomic E-state index is -0.735. The Bertz CT molecular complexity index is 1480.